The van der Waals surface area contributed by atoms with Gasteiger partial charge in [0.25, 0.3) is 6.43 Å². The minimum atomic E-state index is -4.40. The Labute approximate surface area is 168 Å². The Morgan fingerprint density at radius 1 is 1.10 bits per heavy atom. The van der Waals surface area contributed by atoms with Crippen LogP contribution in [0.25, 0.3) is 11.3 Å². The Morgan fingerprint density at radius 2 is 1.87 bits per heavy atom. The number of hydrogen-bond acceptors (Lipinski definition) is 5. The van der Waals surface area contributed by atoms with Gasteiger partial charge in [0, 0.05) is 11.8 Å². The summed E-state index contributed by atoms with van der Waals surface area (Å²) >= 11 is 0. The van der Waals surface area contributed by atoms with Gasteiger partial charge in [-0.15, -0.1) is 0 Å². The van der Waals surface area contributed by atoms with E-state index in [2.05, 4.69) is 25.6 Å². The largest absolute Gasteiger partial charge is 0.408 e. The van der Waals surface area contributed by atoms with E-state index in [9.17, 15) is 22.0 Å². The fraction of sp³-hybridized carbons (Fsp3) is 0.263. The Hall–Kier alpha value is -3.37. The number of benzene rings is 1. The fourth-order valence-corrected chi connectivity index (χ4v) is 2.55. The van der Waals surface area contributed by atoms with Gasteiger partial charge >= 0.3 is 6.18 Å². The van der Waals surface area contributed by atoms with Gasteiger partial charge in [-0.1, -0.05) is 12.1 Å². The summed E-state index contributed by atoms with van der Waals surface area (Å²) in [6, 6.07) is 7.97. The Balaban J connectivity index is 1.81. The van der Waals surface area contributed by atoms with Crippen molar-refractivity contribution in [3.8, 4) is 11.3 Å². The summed E-state index contributed by atoms with van der Waals surface area (Å²) < 4.78 is 64.3. The summed E-state index contributed by atoms with van der Waals surface area (Å²) in [6.07, 6.45) is -4.92. The highest BCUT2D eigenvalue weighted by Crippen LogP contribution is 2.26. The number of aromatic nitrogens is 4. The zero-order chi connectivity index (χ0) is 21.9. The highest BCUT2D eigenvalue weighted by Gasteiger charge is 2.28. The van der Waals surface area contributed by atoms with Crippen LogP contribution in [0.3, 0.4) is 0 Å². The molecule has 0 atom stereocenters. The summed E-state index contributed by atoms with van der Waals surface area (Å²) in [7, 11) is 0. The molecule has 0 fully saturated rings. The average Bonchev–Trinajstić information content (AvgIpc) is 3.09. The smallest absolute Gasteiger partial charge is 0.263 e. The van der Waals surface area contributed by atoms with Gasteiger partial charge in [-0.2, -0.15) is 23.4 Å². The number of alkyl halides is 5. The lowest BCUT2D eigenvalue weighted by Crippen LogP contribution is -2.18. The second kappa shape index (κ2) is 8.56. The molecule has 0 saturated heterocycles. The minimum absolute atomic E-state index is 0.145. The van der Waals surface area contributed by atoms with E-state index in [0.29, 0.717) is 10.2 Å². The number of anilines is 1. The summed E-state index contributed by atoms with van der Waals surface area (Å²) in [4.78, 5) is 7.92. The molecule has 3 rings (SSSR count). The summed E-state index contributed by atoms with van der Waals surface area (Å²) in [6.45, 7) is 2.60. The van der Waals surface area contributed by atoms with Crippen LogP contribution < -0.4 is 5.43 Å². The Morgan fingerprint density at radius 3 is 2.53 bits per heavy atom. The van der Waals surface area contributed by atoms with Crippen LogP contribution in [0.2, 0.25) is 0 Å². The molecule has 0 saturated carbocycles. The highest BCUT2D eigenvalue weighted by molar-refractivity contribution is 5.77. The number of nitrogens with one attached hydrogen (secondary N) is 1. The predicted molar refractivity (Wildman–Crippen MR) is 101 cm³/mol. The van der Waals surface area contributed by atoms with Gasteiger partial charge < -0.3 is 0 Å². The lowest BCUT2D eigenvalue weighted by atomic mass is 10.0. The van der Waals surface area contributed by atoms with E-state index in [1.807, 2.05) is 26.0 Å². The van der Waals surface area contributed by atoms with Crippen molar-refractivity contribution in [1.82, 2.24) is 19.7 Å². The number of nitrogens with zero attached hydrogens (tertiary/aromatic N) is 5. The van der Waals surface area contributed by atoms with Crippen LogP contribution in [0.15, 0.2) is 41.6 Å². The van der Waals surface area contributed by atoms with Crippen LogP contribution in [-0.2, 0) is 6.54 Å². The van der Waals surface area contributed by atoms with Crippen molar-refractivity contribution in [3.05, 3.63) is 59.0 Å². The molecule has 0 bridgehead atoms. The van der Waals surface area contributed by atoms with Crippen LogP contribution >= 0.6 is 0 Å². The summed E-state index contributed by atoms with van der Waals surface area (Å²) in [5, 5.41) is 7.49. The van der Waals surface area contributed by atoms with Crippen molar-refractivity contribution in [2.24, 2.45) is 5.10 Å². The van der Waals surface area contributed by atoms with Crippen LogP contribution in [-0.4, -0.2) is 32.1 Å². The number of hydrogen-bond donors (Lipinski definition) is 1. The first-order chi connectivity index (χ1) is 14.1. The third kappa shape index (κ3) is 5.58. The lowest BCUT2D eigenvalue weighted by molar-refractivity contribution is -0.142. The van der Waals surface area contributed by atoms with Crippen molar-refractivity contribution < 1.29 is 22.0 Å². The second-order valence-corrected chi connectivity index (χ2v) is 6.52. The van der Waals surface area contributed by atoms with E-state index in [1.54, 1.807) is 6.07 Å². The summed E-state index contributed by atoms with van der Waals surface area (Å²) in [5.74, 6) is -0.174. The lowest BCUT2D eigenvalue weighted by Gasteiger charge is -2.09. The molecule has 0 aliphatic carbocycles. The zero-order valence-electron chi connectivity index (χ0n) is 16.0. The molecule has 11 heteroatoms. The van der Waals surface area contributed by atoms with E-state index in [0.717, 1.165) is 23.5 Å². The molecule has 0 spiro atoms. The molecule has 0 radical (unpaired) electrons. The third-order valence-electron chi connectivity index (χ3n) is 4.14. The molecule has 158 valence electrons. The maximum Gasteiger partial charge on any atom is 0.408 e. The Kier molecular flexibility index (Phi) is 6.09. The molecule has 0 aliphatic rings. The van der Waals surface area contributed by atoms with Crippen molar-refractivity contribution in [2.75, 3.05) is 5.43 Å². The molecule has 6 nitrogen and oxygen atoms in total. The average molecular weight is 424 g/mol. The maximum absolute atomic E-state index is 13.3. The van der Waals surface area contributed by atoms with Crippen molar-refractivity contribution in [2.45, 2.75) is 33.0 Å². The summed E-state index contributed by atoms with van der Waals surface area (Å²) in [5.41, 5.74) is 5.04. The quantitative estimate of drug-likeness (QED) is 0.347. The van der Waals surface area contributed by atoms with Crippen molar-refractivity contribution in [3.63, 3.8) is 0 Å². The van der Waals surface area contributed by atoms with E-state index in [4.69, 9.17) is 0 Å². The standard InChI is InChI=1S/C19H17F5N6/c1-11-3-4-13(7-12(11)2)15-8-16(17(20)21)27-18(26-15)28-25-9-14-5-6-30(29-14)10-19(22,23)24/h3-9,17H,10H2,1-2H3,(H,26,27,28). The highest BCUT2D eigenvalue weighted by atomic mass is 19.4. The van der Waals surface area contributed by atoms with E-state index >= 15 is 0 Å². The molecule has 2 heterocycles. The molecule has 2 aromatic heterocycles. The monoisotopic (exact) mass is 424 g/mol. The zero-order valence-corrected chi connectivity index (χ0v) is 16.0. The molecule has 3 aromatic rings. The molecule has 0 unspecified atom stereocenters. The molecule has 1 N–H and O–H groups in total. The van der Waals surface area contributed by atoms with Crippen LogP contribution in [0, 0.1) is 13.8 Å². The first kappa shape index (κ1) is 21.3. The van der Waals surface area contributed by atoms with Gasteiger partial charge in [0.05, 0.1) is 11.9 Å². The number of halogens is 5. The van der Waals surface area contributed by atoms with Gasteiger partial charge in [0.15, 0.2) is 0 Å². The predicted octanol–water partition coefficient (Wildman–Crippen LogP) is 4.90. The topological polar surface area (TPSA) is 68.0 Å². The molecule has 30 heavy (non-hydrogen) atoms. The fourth-order valence-electron chi connectivity index (χ4n) is 2.55. The normalized spacial score (nSPS) is 12.1. The number of rotatable bonds is 6. The van der Waals surface area contributed by atoms with E-state index < -0.39 is 24.8 Å². The molecule has 0 amide bonds. The molecule has 0 aliphatic heterocycles. The van der Waals surface area contributed by atoms with Crippen LogP contribution in [0.1, 0.15) is 28.9 Å². The van der Waals surface area contributed by atoms with Crippen molar-refractivity contribution in [1.29, 1.82) is 0 Å². The van der Waals surface area contributed by atoms with Gasteiger partial charge in [-0.05, 0) is 43.2 Å². The van der Waals surface area contributed by atoms with Crippen LogP contribution in [0.5, 0.6) is 0 Å². The number of hydrazone groups is 1. The maximum atomic E-state index is 13.3. The Bertz CT molecular complexity index is 1060. The van der Waals surface area contributed by atoms with E-state index in [1.165, 1.54) is 12.1 Å². The SMILES string of the molecule is Cc1ccc(-c2cc(C(F)F)nc(NN=Cc3ccn(CC(F)(F)F)n3)n2)cc1C. The molecular weight excluding hydrogens is 407 g/mol. The molecule has 1 aromatic carbocycles. The van der Waals surface area contributed by atoms with Gasteiger partial charge in [0.1, 0.15) is 17.9 Å². The first-order valence-corrected chi connectivity index (χ1v) is 8.75. The van der Waals surface area contributed by atoms with Crippen LogP contribution in [0.4, 0.5) is 27.9 Å². The first-order valence-electron chi connectivity index (χ1n) is 8.75. The van der Waals surface area contributed by atoms with Crippen molar-refractivity contribution >= 4 is 12.2 Å². The van der Waals surface area contributed by atoms with Gasteiger partial charge in [-0.3, -0.25) is 4.68 Å². The van der Waals surface area contributed by atoms with Gasteiger partial charge in [0.2, 0.25) is 5.95 Å². The third-order valence-corrected chi connectivity index (χ3v) is 4.14. The molecular formula is C19H17F5N6. The van der Waals surface area contributed by atoms with E-state index in [-0.39, 0.29) is 17.3 Å². The minimum Gasteiger partial charge on any atom is -0.263 e. The second-order valence-electron chi connectivity index (χ2n) is 6.52. The number of aryl methyl sites for hydroxylation is 2. The van der Waals surface area contributed by atoms with Gasteiger partial charge in [-0.25, -0.2) is 24.2 Å².